The first-order valence-electron chi connectivity index (χ1n) is 8.82. The van der Waals surface area contributed by atoms with Crippen LogP contribution in [0, 0.1) is 6.92 Å². The number of imidazole rings is 1. The summed E-state index contributed by atoms with van der Waals surface area (Å²) in [6.07, 6.45) is 1.68. The van der Waals surface area contributed by atoms with Crippen LogP contribution in [-0.4, -0.2) is 22.6 Å². The third-order valence-corrected chi connectivity index (χ3v) is 4.80. The Morgan fingerprint density at radius 2 is 2.07 bits per heavy atom. The maximum Gasteiger partial charge on any atom is 0.276 e. The number of nitrogens with zero attached hydrogens (tertiary/aromatic N) is 2. The monoisotopic (exact) mass is 363 g/mol. The molecule has 1 N–H and O–H groups in total. The first kappa shape index (κ1) is 17.3. The van der Waals surface area contributed by atoms with Crippen molar-refractivity contribution in [3.63, 3.8) is 0 Å². The zero-order valence-corrected chi connectivity index (χ0v) is 15.3. The van der Waals surface area contributed by atoms with Gasteiger partial charge in [-0.25, -0.2) is 4.98 Å². The fourth-order valence-electron chi connectivity index (χ4n) is 3.27. The van der Waals surface area contributed by atoms with Crippen molar-refractivity contribution in [1.82, 2.24) is 9.55 Å². The van der Waals surface area contributed by atoms with Crippen LogP contribution in [0.1, 0.15) is 33.4 Å². The topological polar surface area (TPSA) is 65.4 Å². The molecule has 1 aliphatic rings. The minimum Gasteiger partial charge on any atom is -0.497 e. The van der Waals surface area contributed by atoms with E-state index in [0.29, 0.717) is 18.8 Å². The molecule has 1 aromatic heterocycles. The van der Waals surface area contributed by atoms with Crippen molar-refractivity contribution in [2.45, 2.75) is 26.2 Å². The van der Waals surface area contributed by atoms with E-state index in [4.69, 9.17) is 9.47 Å². The van der Waals surface area contributed by atoms with Gasteiger partial charge in [0.15, 0.2) is 5.69 Å². The predicted molar refractivity (Wildman–Crippen MR) is 102 cm³/mol. The van der Waals surface area contributed by atoms with Gasteiger partial charge in [0.2, 0.25) is 0 Å². The van der Waals surface area contributed by atoms with Crippen LogP contribution in [0.2, 0.25) is 0 Å². The van der Waals surface area contributed by atoms with E-state index in [9.17, 15) is 4.79 Å². The van der Waals surface area contributed by atoms with Crippen molar-refractivity contribution in [3.8, 4) is 5.75 Å². The highest BCUT2D eigenvalue weighted by Gasteiger charge is 2.26. The third-order valence-electron chi connectivity index (χ3n) is 4.80. The van der Waals surface area contributed by atoms with Gasteiger partial charge in [0.25, 0.3) is 5.91 Å². The average Bonchev–Trinajstić information content (AvgIpc) is 3.13. The highest BCUT2D eigenvalue weighted by Crippen LogP contribution is 2.28. The summed E-state index contributed by atoms with van der Waals surface area (Å²) in [6.45, 7) is 2.92. The zero-order valence-electron chi connectivity index (χ0n) is 15.3. The number of anilines is 1. The SMILES string of the molecule is COc1ccc(NC(=O)c2ncn3c2CO[C@H](c2ccccc2)C3)c(C)c1. The van der Waals surface area contributed by atoms with E-state index in [0.717, 1.165) is 28.3 Å². The van der Waals surface area contributed by atoms with Crippen LogP contribution in [0.3, 0.4) is 0 Å². The minimum absolute atomic E-state index is 0.0346. The fraction of sp³-hybridized carbons (Fsp3) is 0.238. The van der Waals surface area contributed by atoms with Gasteiger partial charge in [-0.2, -0.15) is 0 Å². The molecule has 1 atom stereocenters. The fourth-order valence-corrected chi connectivity index (χ4v) is 3.27. The maximum atomic E-state index is 12.7. The van der Waals surface area contributed by atoms with Crippen molar-refractivity contribution >= 4 is 11.6 Å². The molecular formula is C21H21N3O3. The lowest BCUT2D eigenvalue weighted by atomic mass is 10.1. The minimum atomic E-state index is -0.237. The number of rotatable bonds is 4. The molecule has 0 aliphatic carbocycles. The number of aromatic nitrogens is 2. The van der Waals surface area contributed by atoms with Gasteiger partial charge in [-0.3, -0.25) is 4.79 Å². The lowest BCUT2D eigenvalue weighted by molar-refractivity contribution is 0.00265. The van der Waals surface area contributed by atoms with Gasteiger partial charge in [-0.1, -0.05) is 30.3 Å². The Balaban J connectivity index is 1.52. The van der Waals surface area contributed by atoms with Gasteiger partial charge < -0.3 is 19.4 Å². The summed E-state index contributed by atoms with van der Waals surface area (Å²) in [5.74, 6) is 0.518. The number of ether oxygens (including phenoxy) is 2. The smallest absolute Gasteiger partial charge is 0.276 e. The van der Waals surface area contributed by atoms with Crippen LogP contribution in [0.15, 0.2) is 54.9 Å². The van der Waals surface area contributed by atoms with Gasteiger partial charge in [0.05, 0.1) is 32.3 Å². The van der Waals surface area contributed by atoms with Crippen molar-refractivity contribution in [2.75, 3.05) is 12.4 Å². The molecule has 1 amide bonds. The van der Waals surface area contributed by atoms with Crippen molar-refractivity contribution in [2.24, 2.45) is 0 Å². The number of nitrogens with one attached hydrogen (secondary N) is 1. The molecule has 0 radical (unpaired) electrons. The van der Waals surface area contributed by atoms with E-state index in [-0.39, 0.29) is 12.0 Å². The van der Waals surface area contributed by atoms with Crippen LogP contribution in [0.25, 0.3) is 0 Å². The molecule has 6 heteroatoms. The standard InChI is InChI=1S/C21H21N3O3/c1-14-10-16(26-2)8-9-17(14)23-21(25)20-18-12-27-19(11-24(18)13-22-20)15-6-4-3-5-7-15/h3-10,13,19H,11-12H2,1-2H3,(H,23,25)/t19-/m0/s1. The normalized spacial score (nSPS) is 15.9. The number of hydrogen-bond acceptors (Lipinski definition) is 4. The molecule has 0 saturated carbocycles. The number of benzene rings is 2. The van der Waals surface area contributed by atoms with E-state index in [2.05, 4.69) is 10.3 Å². The molecular weight excluding hydrogens is 342 g/mol. The summed E-state index contributed by atoms with van der Waals surface area (Å²) in [5.41, 5.74) is 3.98. The molecule has 0 saturated heterocycles. The Morgan fingerprint density at radius 1 is 1.26 bits per heavy atom. The third kappa shape index (κ3) is 3.44. The average molecular weight is 363 g/mol. The zero-order chi connectivity index (χ0) is 18.8. The number of hydrogen-bond donors (Lipinski definition) is 1. The second-order valence-electron chi connectivity index (χ2n) is 6.54. The maximum absolute atomic E-state index is 12.7. The summed E-state index contributed by atoms with van der Waals surface area (Å²) in [4.78, 5) is 17.1. The highest BCUT2D eigenvalue weighted by molar-refractivity contribution is 6.04. The van der Waals surface area contributed by atoms with E-state index in [1.807, 2.05) is 60.0 Å². The number of amides is 1. The van der Waals surface area contributed by atoms with Crippen molar-refractivity contribution in [3.05, 3.63) is 77.4 Å². The number of aryl methyl sites for hydroxylation is 1. The summed E-state index contributed by atoms with van der Waals surface area (Å²) >= 11 is 0. The molecule has 138 valence electrons. The van der Waals surface area contributed by atoms with Crippen LogP contribution >= 0.6 is 0 Å². The Kier molecular flexibility index (Phi) is 4.64. The van der Waals surface area contributed by atoms with E-state index >= 15 is 0 Å². The Labute approximate surface area is 157 Å². The molecule has 0 unspecified atom stereocenters. The molecule has 4 rings (SSSR count). The molecule has 0 bridgehead atoms. The Hall–Kier alpha value is -3.12. The van der Waals surface area contributed by atoms with Crippen LogP contribution in [-0.2, 0) is 17.9 Å². The number of fused-ring (bicyclic) bond motifs is 1. The number of methoxy groups -OCH3 is 1. The van der Waals surface area contributed by atoms with E-state index in [1.165, 1.54) is 0 Å². The molecule has 27 heavy (non-hydrogen) atoms. The summed E-state index contributed by atoms with van der Waals surface area (Å²) < 4.78 is 13.2. The van der Waals surface area contributed by atoms with Crippen LogP contribution < -0.4 is 10.1 Å². The van der Waals surface area contributed by atoms with Crippen molar-refractivity contribution < 1.29 is 14.3 Å². The first-order chi connectivity index (χ1) is 13.2. The summed E-state index contributed by atoms with van der Waals surface area (Å²) in [5, 5.41) is 2.93. The molecule has 2 aromatic carbocycles. The van der Waals surface area contributed by atoms with Crippen LogP contribution in [0.5, 0.6) is 5.75 Å². The number of carbonyl (C=O) groups excluding carboxylic acids is 1. The molecule has 1 aliphatic heterocycles. The summed E-state index contributed by atoms with van der Waals surface area (Å²) in [7, 11) is 1.62. The van der Waals surface area contributed by atoms with Gasteiger partial charge in [0.1, 0.15) is 11.9 Å². The molecule has 2 heterocycles. The van der Waals surface area contributed by atoms with E-state index < -0.39 is 0 Å². The highest BCUT2D eigenvalue weighted by atomic mass is 16.5. The van der Waals surface area contributed by atoms with Gasteiger partial charge in [-0.15, -0.1) is 0 Å². The van der Waals surface area contributed by atoms with E-state index in [1.54, 1.807) is 13.4 Å². The lowest BCUT2D eigenvalue weighted by Gasteiger charge is -2.25. The van der Waals surface area contributed by atoms with Gasteiger partial charge in [0, 0.05) is 5.69 Å². The summed E-state index contributed by atoms with van der Waals surface area (Å²) in [6, 6.07) is 15.6. The second kappa shape index (κ2) is 7.25. The van der Waals surface area contributed by atoms with Gasteiger partial charge >= 0.3 is 0 Å². The quantitative estimate of drug-likeness (QED) is 0.767. The number of carbonyl (C=O) groups is 1. The molecule has 0 fully saturated rings. The largest absolute Gasteiger partial charge is 0.497 e. The Morgan fingerprint density at radius 3 is 2.81 bits per heavy atom. The predicted octanol–water partition coefficient (Wildman–Crippen LogP) is 3.72. The molecule has 3 aromatic rings. The first-order valence-corrected chi connectivity index (χ1v) is 8.82. The van der Waals surface area contributed by atoms with Crippen LogP contribution in [0.4, 0.5) is 5.69 Å². The second-order valence-corrected chi connectivity index (χ2v) is 6.54. The lowest BCUT2D eigenvalue weighted by Crippen LogP contribution is -2.23. The molecule has 0 spiro atoms. The van der Waals surface area contributed by atoms with Crippen molar-refractivity contribution in [1.29, 1.82) is 0 Å². The van der Waals surface area contributed by atoms with Gasteiger partial charge in [-0.05, 0) is 36.2 Å². The Bertz CT molecular complexity index is 966. The molecule has 6 nitrogen and oxygen atoms in total.